The Labute approximate surface area is 212 Å². The number of nitrogens with zero attached hydrogens (tertiary/aromatic N) is 7. The van der Waals surface area contributed by atoms with Crippen molar-refractivity contribution < 1.29 is 9.84 Å². The van der Waals surface area contributed by atoms with Crippen molar-refractivity contribution in [2.75, 3.05) is 67.2 Å². The molecule has 0 spiro atoms. The number of hydrogen-bond donors (Lipinski definition) is 1. The van der Waals surface area contributed by atoms with Crippen molar-refractivity contribution in [3.63, 3.8) is 0 Å². The van der Waals surface area contributed by atoms with Crippen LogP contribution in [0.2, 0.25) is 0 Å². The summed E-state index contributed by atoms with van der Waals surface area (Å²) in [6.07, 6.45) is 1.20. The molecule has 1 atom stereocenters. The lowest BCUT2D eigenvalue weighted by atomic mass is 9.95. The summed E-state index contributed by atoms with van der Waals surface area (Å²) in [5.41, 5.74) is 2.87. The summed E-state index contributed by atoms with van der Waals surface area (Å²) in [7, 11) is 0. The van der Waals surface area contributed by atoms with E-state index in [1.807, 2.05) is 30.5 Å². The molecule has 36 heavy (non-hydrogen) atoms. The summed E-state index contributed by atoms with van der Waals surface area (Å²) in [6, 6.07) is 12.2. The highest BCUT2D eigenvalue weighted by atomic mass is 16.5. The van der Waals surface area contributed by atoms with Gasteiger partial charge in [-0.3, -0.25) is 0 Å². The molecule has 2 fully saturated rings. The monoisotopic (exact) mass is 489 g/mol. The van der Waals surface area contributed by atoms with Crippen LogP contribution in [-0.2, 0) is 4.74 Å². The van der Waals surface area contributed by atoms with Gasteiger partial charge in [-0.25, -0.2) is 4.98 Å². The number of hydrogen-bond acceptors (Lipinski definition) is 9. The van der Waals surface area contributed by atoms with Crippen LogP contribution in [0.4, 0.5) is 17.7 Å². The number of aromatic nitrogens is 4. The highest BCUT2D eigenvalue weighted by molar-refractivity contribution is 5.65. The number of piperazine rings is 1. The fourth-order valence-corrected chi connectivity index (χ4v) is 4.69. The maximum Gasteiger partial charge on any atom is 0.230 e. The molecule has 0 radical (unpaired) electrons. The van der Waals surface area contributed by atoms with Crippen molar-refractivity contribution in [1.82, 2.24) is 19.9 Å². The molecule has 1 N–H and O–H groups in total. The smallest absolute Gasteiger partial charge is 0.230 e. The maximum absolute atomic E-state index is 10.5. The molecule has 0 amide bonds. The number of pyridine rings is 1. The third-order valence-electron chi connectivity index (χ3n) is 6.88. The van der Waals surface area contributed by atoms with Gasteiger partial charge in [0, 0.05) is 51.0 Å². The summed E-state index contributed by atoms with van der Waals surface area (Å²) < 4.78 is 5.56. The molecule has 1 aromatic carbocycles. The van der Waals surface area contributed by atoms with Gasteiger partial charge in [0.1, 0.15) is 5.82 Å². The molecule has 5 rings (SSSR count). The predicted octanol–water partition coefficient (Wildman–Crippen LogP) is 3.27. The summed E-state index contributed by atoms with van der Waals surface area (Å²) in [4.78, 5) is 26.0. The van der Waals surface area contributed by atoms with E-state index in [9.17, 15) is 5.11 Å². The number of benzene rings is 1. The van der Waals surface area contributed by atoms with Crippen molar-refractivity contribution in [3.8, 4) is 11.4 Å². The SMILES string of the molecule is CC(C)c1ccc(C(C)O)c(-c2nc(N3CCOCC3)nc(N3CCN(c4ccccn4)CC3)n2)c1. The minimum absolute atomic E-state index is 0.353. The van der Waals surface area contributed by atoms with Crippen molar-refractivity contribution in [2.24, 2.45) is 0 Å². The minimum Gasteiger partial charge on any atom is -0.389 e. The van der Waals surface area contributed by atoms with Gasteiger partial charge in [0.05, 0.1) is 19.3 Å². The van der Waals surface area contributed by atoms with Gasteiger partial charge in [-0.15, -0.1) is 0 Å². The van der Waals surface area contributed by atoms with Gasteiger partial charge in [-0.2, -0.15) is 15.0 Å². The lowest BCUT2D eigenvalue weighted by molar-refractivity contribution is 0.122. The molecule has 0 saturated carbocycles. The van der Waals surface area contributed by atoms with E-state index in [2.05, 4.69) is 45.7 Å². The number of ether oxygens (including phenoxy) is 1. The first-order valence-electron chi connectivity index (χ1n) is 12.8. The van der Waals surface area contributed by atoms with Crippen LogP contribution in [0, 0.1) is 0 Å². The van der Waals surface area contributed by atoms with Gasteiger partial charge in [-0.1, -0.05) is 32.0 Å². The summed E-state index contributed by atoms with van der Waals surface area (Å²) in [5, 5.41) is 10.5. The summed E-state index contributed by atoms with van der Waals surface area (Å²) >= 11 is 0. The Kier molecular flexibility index (Phi) is 7.29. The predicted molar refractivity (Wildman–Crippen MR) is 142 cm³/mol. The normalized spacial score (nSPS) is 17.5. The van der Waals surface area contributed by atoms with Crippen LogP contribution in [0.3, 0.4) is 0 Å². The van der Waals surface area contributed by atoms with E-state index in [0.717, 1.165) is 56.2 Å². The van der Waals surface area contributed by atoms with Gasteiger partial charge in [0.25, 0.3) is 0 Å². The van der Waals surface area contributed by atoms with Crippen LogP contribution in [0.5, 0.6) is 0 Å². The number of anilines is 3. The van der Waals surface area contributed by atoms with Crippen molar-refractivity contribution in [1.29, 1.82) is 0 Å². The topological polar surface area (TPSA) is 90.7 Å². The molecule has 2 saturated heterocycles. The van der Waals surface area contributed by atoms with Crippen LogP contribution < -0.4 is 14.7 Å². The first kappa shape index (κ1) is 24.4. The fraction of sp³-hybridized carbons (Fsp3) is 0.481. The molecule has 0 bridgehead atoms. The Bertz CT molecular complexity index is 1160. The molecule has 3 aromatic rings. The van der Waals surface area contributed by atoms with Crippen LogP contribution in [0.1, 0.15) is 43.9 Å². The Balaban J connectivity index is 1.51. The molecular formula is C27H35N7O2. The van der Waals surface area contributed by atoms with Gasteiger partial charge >= 0.3 is 0 Å². The number of aliphatic hydroxyl groups is 1. The maximum atomic E-state index is 10.5. The molecular weight excluding hydrogens is 454 g/mol. The molecule has 4 heterocycles. The highest BCUT2D eigenvalue weighted by Crippen LogP contribution is 2.32. The number of rotatable bonds is 6. The molecule has 190 valence electrons. The van der Waals surface area contributed by atoms with E-state index in [4.69, 9.17) is 19.7 Å². The zero-order chi connectivity index (χ0) is 25.1. The van der Waals surface area contributed by atoms with E-state index in [-0.39, 0.29) is 0 Å². The first-order chi connectivity index (χ1) is 17.5. The lowest BCUT2D eigenvalue weighted by Gasteiger charge is -2.36. The van der Waals surface area contributed by atoms with E-state index in [1.165, 1.54) is 5.56 Å². The Morgan fingerprint density at radius 1 is 0.806 bits per heavy atom. The summed E-state index contributed by atoms with van der Waals surface area (Å²) in [6.45, 7) is 12.2. The molecule has 2 aromatic heterocycles. The van der Waals surface area contributed by atoms with Crippen LogP contribution in [-0.4, -0.2) is 77.5 Å². The van der Waals surface area contributed by atoms with Gasteiger partial charge < -0.3 is 24.5 Å². The minimum atomic E-state index is -0.629. The lowest BCUT2D eigenvalue weighted by Crippen LogP contribution is -2.47. The van der Waals surface area contributed by atoms with Crippen molar-refractivity contribution in [3.05, 3.63) is 53.7 Å². The third kappa shape index (κ3) is 5.27. The van der Waals surface area contributed by atoms with Crippen molar-refractivity contribution >= 4 is 17.7 Å². The summed E-state index contributed by atoms with van der Waals surface area (Å²) in [5.74, 6) is 3.29. The van der Waals surface area contributed by atoms with E-state index >= 15 is 0 Å². The number of morpholine rings is 1. The largest absolute Gasteiger partial charge is 0.389 e. The van der Waals surface area contributed by atoms with Crippen molar-refractivity contribution in [2.45, 2.75) is 32.8 Å². The fourth-order valence-electron chi connectivity index (χ4n) is 4.69. The van der Waals surface area contributed by atoms with Gasteiger partial charge in [0.2, 0.25) is 11.9 Å². The van der Waals surface area contributed by atoms with Crippen LogP contribution in [0.25, 0.3) is 11.4 Å². The standard InChI is InChI=1S/C27H35N7O2/c1-19(2)21-7-8-22(20(3)35)23(18-21)25-29-26(31-27(30-25)34-14-16-36-17-15-34)33-12-10-32(11-13-33)24-6-4-5-9-28-24/h4-9,18-20,35H,10-17H2,1-3H3. The molecule has 0 aliphatic carbocycles. The van der Waals surface area contributed by atoms with E-state index in [0.29, 0.717) is 36.9 Å². The second-order valence-corrected chi connectivity index (χ2v) is 9.70. The molecule has 1 unspecified atom stereocenters. The second-order valence-electron chi connectivity index (χ2n) is 9.70. The number of aliphatic hydroxyl groups excluding tert-OH is 1. The zero-order valence-electron chi connectivity index (χ0n) is 21.3. The second kappa shape index (κ2) is 10.8. The van der Waals surface area contributed by atoms with Gasteiger partial charge in [0.15, 0.2) is 5.82 Å². The van der Waals surface area contributed by atoms with E-state index < -0.39 is 6.10 Å². The molecule has 2 aliphatic heterocycles. The first-order valence-corrected chi connectivity index (χ1v) is 12.8. The Hall–Kier alpha value is -3.30. The molecule has 2 aliphatic rings. The van der Waals surface area contributed by atoms with Gasteiger partial charge in [-0.05, 0) is 42.2 Å². The van der Waals surface area contributed by atoms with E-state index in [1.54, 1.807) is 6.92 Å². The molecule has 9 nitrogen and oxygen atoms in total. The quantitative estimate of drug-likeness (QED) is 0.560. The Morgan fingerprint density at radius 2 is 1.47 bits per heavy atom. The average Bonchev–Trinajstić information content (AvgIpc) is 2.93. The molecule has 9 heteroatoms. The van der Waals surface area contributed by atoms with Crippen LogP contribution >= 0.6 is 0 Å². The third-order valence-corrected chi connectivity index (χ3v) is 6.88. The average molecular weight is 490 g/mol. The highest BCUT2D eigenvalue weighted by Gasteiger charge is 2.25. The van der Waals surface area contributed by atoms with Crippen LogP contribution in [0.15, 0.2) is 42.6 Å². The zero-order valence-corrected chi connectivity index (χ0v) is 21.3. The Morgan fingerprint density at radius 3 is 2.08 bits per heavy atom.